The number of carbonyl (C=O) groups is 1. The van der Waals surface area contributed by atoms with Gasteiger partial charge in [0.1, 0.15) is 5.60 Å². The standard InChI is InChI=1S/C17H23NO3/c1-12-7-5-8-13(11-12)14-9-6-10-15(14)18(20)16(19)21-17(2,3)4/h5-9,11,14-15,20H,10H2,1-4H3/t14-,15+/m1/s1. The summed E-state index contributed by atoms with van der Waals surface area (Å²) in [5.74, 6) is -0.0116. The Labute approximate surface area is 126 Å². The van der Waals surface area contributed by atoms with Crippen LogP contribution >= 0.6 is 0 Å². The summed E-state index contributed by atoms with van der Waals surface area (Å²) in [6, 6.07) is 7.80. The minimum atomic E-state index is -0.700. The van der Waals surface area contributed by atoms with Crippen LogP contribution in [0.5, 0.6) is 0 Å². The van der Waals surface area contributed by atoms with Crippen LogP contribution in [0, 0.1) is 6.92 Å². The van der Waals surface area contributed by atoms with Crippen molar-refractivity contribution < 1.29 is 14.7 Å². The summed E-state index contributed by atoms with van der Waals surface area (Å²) in [6.07, 6.45) is 3.95. The van der Waals surface area contributed by atoms with Crippen LogP contribution in [-0.4, -0.2) is 28.0 Å². The van der Waals surface area contributed by atoms with Crippen molar-refractivity contribution in [3.05, 3.63) is 47.5 Å². The van der Waals surface area contributed by atoms with Gasteiger partial charge in [0.15, 0.2) is 0 Å². The second-order valence-corrected chi connectivity index (χ2v) is 6.50. The van der Waals surface area contributed by atoms with Gasteiger partial charge in [-0.25, -0.2) is 4.79 Å². The van der Waals surface area contributed by atoms with Crippen LogP contribution in [0.15, 0.2) is 36.4 Å². The SMILES string of the molecule is Cc1cccc([C@H]2C=CC[C@@H]2N(O)C(=O)OC(C)(C)C)c1. The topological polar surface area (TPSA) is 49.8 Å². The smallest absolute Gasteiger partial charge is 0.434 e. The van der Waals surface area contributed by atoms with E-state index < -0.39 is 11.7 Å². The predicted octanol–water partition coefficient (Wildman–Crippen LogP) is 4.03. The number of nitrogens with zero attached hydrogens (tertiary/aromatic N) is 1. The highest BCUT2D eigenvalue weighted by atomic mass is 16.6. The Kier molecular flexibility index (Phi) is 4.37. The van der Waals surface area contributed by atoms with Crippen molar-refractivity contribution in [3.8, 4) is 0 Å². The van der Waals surface area contributed by atoms with E-state index >= 15 is 0 Å². The van der Waals surface area contributed by atoms with Crippen LogP contribution in [-0.2, 0) is 4.74 Å². The minimum absolute atomic E-state index is 0.0116. The van der Waals surface area contributed by atoms with E-state index in [1.165, 1.54) is 0 Å². The molecule has 4 heteroatoms. The Morgan fingerprint density at radius 1 is 1.38 bits per heavy atom. The molecule has 0 saturated heterocycles. The van der Waals surface area contributed by atoms with Crippen molar-refractivity contribution >= 4 is 6.09 Å². The van der Waals surface area contributed by atoms with Crippen LogP contribution in [0.1, 0.15) is 44.2 Å². The molecule has 114 valence electrons. The van der Waals surface area contributed by atoms with Crippen LogP contribution in [0.3, 0.4) is 0 Å². The first-order valence-electron chi connectivity index (χ1n) is 7.22. The molecular formula is C17H23NO3. The molecule has 0 unspecified atom stereocenters. The number of benzene rings is 1. The van der Waals surface area contributed by atoms with Crippen LogP contribution in [0.25, 0.3) is 0 Å². The largest absolute Gasteiger partial charge is 0.442 e. The average molecular weight is 289 g/mol. The zero-order valence-electron chi connectivity index (χ0n) is 13.0. The van der Waals surface area contributed by atoms with E-state index in [0.29, 0.717) is 6.42 Å². The van der Waals surface area contributed by atoms with Gasteiger partial charge in [-0.3, -0.25) is 5.21 Å². The normalized spacial score (nSPS) is 21.4. The molecular weight excluding hydrogens is 266 g/mol. The molecule has 1 N–H and O–H groups in total. The molecule has 0 spiro atoms. The Bertz CT molecular complexity index is 545. The number of rotatable bonds is 2. The first kappa shape index (κ1) is 15.6. The zero-order valence-corrected chi connectivity index (χ0v) is 13.0. The summed E-state index contributed by atoms with van der Waals surface area (Å²) in [7, 11) is 0. The molecule has 1 aliphatic carbocycles. The lowest BCUT2D eigenvalue weighted by Gasteiger charge is -2.30. The molecule has 0 radical (unpaired) electrons. The second kappa shape index (κ2) is 5.90. The van der Waals surface area contributed by atoms with Crippen LogP contribution in [0.4, 0.5) is 4.79 Å². The Hall–Kier alpha value is -1.81. The van der Waals surface area contributed by atoms with Crippen molar-refractivity contribution in [2.45, 2.75) is 51.7 Å². The van der Waals surface area contributed by atoms with Gasteiger partial charge in [-0.05, 0) is 39.7 Å². The third-order valence-electron chi connectivity index (χ3n) is 3.46. The third-order valence-corrected chi connectivity index (χ3v) is 3.46. The fourth-order valence-electron chi connectivity index (χ4n) is 2.55. The number of ether oxygens (including phenoxy) is 1. The molecule has 2 rings (SSSR count). The Morgan fingerprint density at radius 3 is 2.71 bits per heavy atom. The van der Waals surface area contributed by atoms with Gasteiger partial charge in [-0.1, -0.05) is 42.0 Å². The summed E-state index contributed by atoms with van der Waals surface area (Å²) in [6.45, 7) is 7.37. The number of hydrogen-bond acceptors (Lipinski definition) is 3. The van der Waals surface area contributed by atoms with Gasteiger partial charge in [0.25, 0.3) is 0 Å². The molecule has 0 bridgehead atoms. The number of hydroxylamine groups is 2. The van der Waals surface area contributed by atoms with Gasteiger partial charge < -0.3 is 4.74 Å². The predicted molar refractivity (Wildman–Crippen MR) is 81.3 cm³/mol. The summed E-state index contributed by atoms with van der Waals surface area (Å²) >= 11 is 0. The molecule has 0 aromatic heterocycles. The van der Waals surface area contributed by atoms with Crippen molar-refractivity contribution in [1.82, 2.24) is 5.06 Å². The number of amides is 1. The summed E-state index contributed by atoms with van der Waals surface area (Å²) in [4.78, 5) is 12.0. The fraction of sp³-hybridized carbons (Fsp3) is 0.471. The molecule has 1 aliphatic rings. The molecule has 0 aliphatic heterocycles. The van der Waals surface area contributed by atoms with Gasteiger partial charge in [0, 0.05) is 5.92 Å². The highest BCUT2D eigenvalue weighted by Crippen LogP contribution is 2.33. The molecule has 1 aromatic rings. The number of hydrogen-bond donors (Lipinski definition) is 1. The Balaban J connectivity index is 2.14. The van der Waals surface area contributed by atoms with E-state index in [4.69, 9.17) is 4.74 Å². The van der Waals surface area contributed by atoms with Gasteiger partial charge >= 0.3 is 6.09 Å². The number of carbonyl (C=O) groups excluding carboxylic acids is 1. The van der Waals surface area contributed by atoms with Gasteiger partial charge in [0.05, 0.1) is 6.04 Å². The lowest BCUT2D eigenvalue weighted by atomic mass is 9.93. The number of aryl methyl sites for hydroxylation is 1. The molecule has 2 atom stereocenters. The van der Waals surface area contributed by atoms with Crippen molar-refractivity contribution in [1.29, 1.82) is 0 Å². The first-order valence-corrected chi connectivity index (χ1v) is 7.22. The molecule has 1 amide bonds. The van der Waals surface area contributed by atoms with E-state index in [1.54, 1.807) is 20.8 Å². The van der Waals surface area contributed by atoms with E-state index in [1.807, 2.05) is 37.3 Å². The van der Waals surface area contributed by atoms with E-state index in [9.17, 15) is 10.0 Å². The lowest BCUT2D eigenvalue weighted by Crippen LogP contribution is -2.42. The highest BCUT2D eigenvalue weighted by molar-refractivity contribution is 5.67. The quantitative estimate of drug-likeness (QED) is 0.508. The van der Waals surface area contributed by atoms with Gasteiger partial charge in [-0.15, -0.1) is 0 Å². The molecule has 0 fully saturated rings. The van der Waals surface area contributed by atoms with Crippen molar-refractivity contribution in [3.63, 3.8) is 0 Å². The minimum Gasteiger partial charge on any atom is -0.442 e. The summed E-state index contributed by atoms with van der Waals surface area (Å²) in [5, 5.41) is 10.9. The Morgan fingerprint density at radius 2 is 2.10 bits per heavy atom. The maximum atomic E-state index is 12.0. The molecule has 0 saturated carbocycles. The summed E-state index contributed by atoms with van der Waals surface area (Å²) < 4.78 is 5.23. The maximum Gasteiger partial charge on any atom is 0.434 e. The van der Waals surface area contributed by atoms with E-state index in [2.05, 4.69) is 6.07 Å². The monoisotopic (exact) mass is 289 g/mol. The zero-order chi connectivity index (χ0) is 15.6. The van der Waals surface area contributed by atoms with Crippen molar-refractivity contribution in [2.24, 2.45) is 0 Å². The molecule has 4 nitrogen and oxygen atoms in total. The summed E-state index contributed by atoms with van der Waals surface area (Å²) in [5.41, 5.74) is 1.63. The second-order valence-electron chi connectivity index (χ2n) is 6.50. The molecule has 1 aromatic carbocycles. The highest BCUT2D eigenvalue weighted by Gasteiger charge is 2.34. The third kappa shape index (κ3) is 3.85. The van der Waals surface area contributed by atoms with Crippen LogP contribution in [0.2, 0.25) is 0 Å². The molecule has 0 heterocycles. The average Bonchev–Trinajstić information content (AvgIpc) is 2.84. The first-order chi connectivity index (χ1) is 9.78. The van der Waals surface area contributed by atoms with Crippen LogP contribution < -0.4 is 0 Å². The lowest BCUT2D eigenvalue weighted by molar-refractivity contribution is -0.120. The van der Waals surface area contributed by atoms with E-state index in [-0.39, 0.29) is 12.0 Å². The van der Waals surface area contributed by atoms with Crippen molar-refractivity contribution in [2.75, 3.05) is 0 Å². The van der Waals surface area contributed by atoms with Gasteiger partial charge in [-0.2, -0.15) is 5.06 Å². The fourth-order valence-corrected chi connectivity index (χ4v) is 2.55. The van der Waals surface area contributed by atoms with Gasteiger partial charge in [0.2, 0.25) is 0 Å². The maximum absolute atomic E-state index is 12.0. The molecule has 21 heavy (non-hydrogen) atoms. The van der Waals surface area contributed by atoms with E-state index in [0.717, 1.165) is 16.2 Å².